The van der Waals surface area contributed by atoms with Crippen molar-refractivity contribution >= 4 is 17.5 Å². The molecule has 1 aromatic carbocycles. The maximum Gasteiger partial charge on any atom is 0.251 e. The second-order valence-corrected chi connectivity index (χ2v) is 4.74. The van der Waals surface area contributed by atoms with E-state index >= 15 is 0 Å². The van der Waals surface area contributed by atoms with Gasteiger partial charge in [-0.15, -0.1) is 0 Å². The molecule has 0 aliphatic heterocycles. The molecule has 3 N–H and O–H groups in total. The molecule has 0 aromatic heterocycles. The van der Waals surface area contributed by atoms with E-state index in [0.29, 0.717) is 17.8 Å². The zero-order valence-electron chi connectivity index (χ0n) is 12.3. The molecule has 2 amide bonds. The lowest BCUT2D eigenvalue weighted by Crippen LogP contribution is -2.44. The summed E-state index contributed by atoms with van der Waals surface area (Å²) in [6.07, 6.45) is 0.894. The van der Waals surface area contributed by atoms with E-state index in [0.717, 1.165) is 6.42 Å². The van der Waals surface area contributed by atoms with Crippen molar-refractivity contribution in [2.45, 2.75) is 33.2 Å². The van der Waals surface area contributed by atoms with Crippen molar-refractivity contribution in [3.8, 4) is 0 Å². The Morgan fingerprint density at radius 1 is 1.25 bits per heavy atom. The fraction of sp³-hybridized carbons (Fsp3) is 0.467. The minimum absolute atomic E-state index is 0.0153. The van der Waals surface area contributed by atoms with Crippen molar-refractivity contribution in [1.29, 1.82) is 0 Å². The summed E-state index contributed by atoms with van der Waals surface area (Å²) in [5.41, 5.74) is 6.66. The molecule has 5 heteroatoms. The van der Waals surface area contributed by atoms with Gasteiger partial charge in [0.1, 0.15) is 0 Å². The maximum atomic E-state index is 12.1. The van der Waals surface area contributed by atoms with E-state index in [-0.39, 0.29) is 24.4 Å². The van der Waals surface area contributed by atoms with E-state index in [1.165, 1.54) is 0 Å². The first-order valence-electron chi connectivity index (χ1n) is 6.92. The number of carbonyl (C=O) groups is 2. The van der Waals surface area contributed by atoms with Gasteiger partial charge in [-0.2, -0.15) is 0 Å². The average Bonchev–Trinajstić information content (AvgIpc) is 2.46. The molecule has 1 aromatic rings. The molecular weight excluding hydrogens is 254 g/mol. The average molecular weight is 277 g/mol. The molecule has 0 aliphatic rings. The van der Waals surface area contributed by atoms with Crippen LogP contribution >= 0.6 is 0 Å². The summed E-state index contributed by atoms with van der Waals surface area (Å²) in [7, 11) is 0. The summed E-state index contributed by atoms with van der Waals surface area (Å²) >= 11 is 0. The van der Waals surface area contributed by atoms with Crippen LogP contribution in [0.1, 0.15) is 37.6 Å². The highest BCUT2D eigenvalue weighted by Gasteiger charge is 2.17. The number of nitrogens with two attached hydrogens (primary N) is 1. The Bertz CT molecular complexity index is 457. The van der Waals surface area contributed by atoms with Crippen molar-refractivity contribution < 1.29 is 9.59 Å². The van der Waals surface area contributed by atoms with Crippen molar-refractivity contribution in [3.63, 3.8) is 0 Å². The van der Waals surface area contributed by atoms with E-state index < -0.39 is 0 Å². The first-order valence-corrected chi connectivity index (χ1v) is 6.92. The number of nitrogens with one attached hydrogen (secondary N) is 1. The highest BCUT2D eigenvalue weighted by atomic mass is 16.2. The van der Waals surface area contributed by atoms with Gasteiger partial charge in [-0.05, 0) is 44.5 Å². The predicted molar refractivity (Wildman–Crippen MR) is 80.3 cm³/mol. The minimum Gasteiger partial charge on any atom is -0.399 e. The number of nitrogens with zero attached hydrogens (tertiary/aromatic N) is 1. The second-order valence-electron chi connectivity index (χ2n) is 4.74. The zero-order valence-corrected chi connectivity index (χ0v) is 12.3. The Balaban J connectivity index is 2.55. The molecule has 0 bridgehead atoms. The highest BCUT2D eigenvalue weighted by molar-refractivity contribution is 5.96. The van der Waals surface area contributed by atoms with Crippen LogP contribution in [0.3, 0.4) is 0 Å². The van der Waals surface area contributed by atoms with Gasteiger partial charge in [-0.25, -0.2) is 0 Å². The number of hydrogen-bond acceptors (Lipinski definition) is 3. The SMILES string of the molecule is CCC(C)N(CC)C(=O)CNC(=O)c1ccc(N)cc1. The van der Waals surface area contributed by atoms with Gasteiger partial charge in [0.05, 0.1) is 6.54 Å². The molecule has 20 heavy (non-hydrogen) atoms. The molecule has 1 atom stereocenters. The Morgan fingerprint density at radius 3 is 2.35 bits per heavy atom. The van der Waals surface area contributed by atoms with Gasteiger partial charge in [-0.3, -0.25) is 9.59 Å². The molecular formula is C15H23N3O2. The number of carbonyl (C=O) groups excluding carboxylic acids is 2. The Kier molecular flexibility index (Phi) is 6.03. The number of likely N-dealkylation sites (N-methyl/N-ethyl adjacent to an activating group) is 1. The third kappa shape index (κ3) is 4.26. The normalized spacial score (nSPS) is 11.8. The molecule has 0 saturated heterocycles. The van der Waals surface area contributed by atoms with Crippen LogP contribution in [-0.2, 0) is 4.79 Å². The lowest BCUT2D eigenvalue weighted by molar-refractivity contribution is -0.131. The van der Waals surface area contributed by atoms with Crippen LogP contribution < -0.4 is 11.1 Å². The number of nitrogen functional groups attached to an aromatic ring is 1. The van der Waals surface area contributed by atoms with Gasteiger partial charge in [0.2, 0.25) is 5.91 Å². The van der Waals surface area contributed by atoms with Gasteiger partial charge in [0.25, 0.3) is 5.91 Å². The molecule has 5 nitrogen and oxygen atoms in total. The molecule has 0 heterocycles. The lowest BCUT2D eigenvalue weighted by atomic mass is 10.2. The summed E-state index contributed by atoms with van der Waals surface area (Å²) in [6, 6.07) is 6.78. The third-order valence-corrected chi connectivity index (χ3v) is 3.36. The van der Waals surface area contributed by atoms with Gasteiger partial charge >= 0.3 is 0 Å². The summed E-state index contributed by atoms with van der Waals surface area (Å²) in [5, 5.41) is 2.64. The number of anilines is 1. The van der Waals surface area contributed by atoms with Gasteiger partial charge in [0.15, 0.2) is 0 Å². The first kappa shape index (κ1) is 16.0. The van der Waals surface area contributed by atoms with Gasteiger partial charge < -0.3 is 16.0 Å². The summed E-state index contributed by atoms with van der Waals surface area (Å²) in [5.74, 6) is -0.329. The van der Waals surface area contributed by atoms with Crippen LogP contribution in [-0.4, -0.2) is 35.8 Å². The van der Waals surface area contributed by atoms with E-state index in [1.54, 1.807) is 29.2 Å². The Morgan fingerprint density at radius 2 is 1.85 bits per heavy atom. The molecule has 0 spiro atoms. The van der Waals surface area contributed by atoms with Crippen LogP contribution in [0.5, 0.6) is 0 Å². The summed E-state index contributed by atoms with van der Waals surface area (Å²) in [4.78, 5) is 25.7. The zero-order chi connectivity index (χ0) is 15.1. The lowest BCUT2D eigenvalue weighted by Gasteiger charge is -2.27. The summed E-state index contributed by atoms with van der Waals surface area (Å²) < 4.78 is 0. The fourth-order valence-corrected chi connectivity index (χ4v) is 1.95. The number of rotatable bonds is 6. The van der Waals surface area contributed by atoms with Crippen LogP contribution in [0, 0.1) is 0 Å². The maximum absolute atomic E-state index is 12.1. The fourth-order valence-electron chi connectivity index (χ4n) is 1.95. The number of amides is 2. The van der Waals surface area contributed by atoms with Crippen LogP contribution in [0.25, 0.3) is 0 Å². The van der Waals surface area contributed by atoms with Crippen molar-refractivity contribution in [1.82, 2.24) is 10.2 Å². The largest absolute Gasteiger partial charge is 0.399 e. The van der Waals surface area contributed by atoms with Gasteiger partial charge in [-0.1, -0.05) is 6.92 Å². The molecule has 0 radical (unpaired) electrons. The molecule has 1 unspecified atom stereocenters. The monoisotopic (exact) mass is 277 g/mol. The van der Waals surface area contributed by atoms with Crippen LogP contribution in [0.4, 0.5) is 5.69 Å². The molecule has 0 fully saturated rings. The first-order chi connectivity index (χ1) is 9.49. The highest BCUT2D eigenvalue weighted by Crippen LogP contribution is 2.06. The van der Waals surface area contributed by atoms with E-state index in [9.17, 15) is 9.59 Å². The minimum atomic E-state index is -0.265. The van der Waals surface area contributed by atoms with Crippen LogP contribution in [0.2, 0.25) is 0 Å². The van der Waals surface area contributed by atoms with Gasteiger partial charge in [0, 0.05) is 23.8 Å². The number of benzene rings is 1. The molecule has 110 valence electrons. The molecule has 0 aliphatic carbocycles. The smallest absolute Gasteiger partial charge is 0.251 e. The summed E-state index contributed by atoms with van der Waals surface area (Å²) in [6.45, 7) is 6.63. The second kappa shape index (κ2) is 7.53. The van der Waals surface area contributed by atoms with Crippen LogP contribution in [0.15, 0.2) is 24.3 Å². The van der Waals surface area contributed by atoms with Crippen molar-refractivity contribution in [2.75, 3.05) is 18.8 Å². The standard InChI is InChI=1S/C15H23N3O2/c1-4-11(3)18(5-2)14(19)10-17-15(20)12-6-8-13(16)9-7-12/h6-9,11H,4-5,10,16H2,1-3H3,(H,17,20). The van der Waals surface area contributed by atoms with E-state index in [2.05, 4.69) is 5.32 Å². The van der Waals surface area contributed by atoms with E-state index in [4.69, 9.17) is 5.73 Å². The molecule has 0 saturated carbocycles. The van der Waals surface area contributed by atoms with E-state index in [1.807, 2.05) is 20.8 Å². The quantitative estimate of drug-likeness (QED) is 0.776. The van der Waals surface area contributed by atoms with Crippen molar-refractivity contribution in [3.05, 3.63) is 29.8 Å². The molecule has 1 rings (SSSR count). The Labute approximate surface area is 120 Å². The topological polar surface area (TPSA) is 75.4 Å². The predicted octanol–water partition coefficient (Wildman–Crippen LogP) is 1.65. The van der Waals surface area contributed by atoms with Crippen molar-refractivity contribution in [2.24, 2.45) is 0 Å². The number of hydrogen-bond donors (Lipinski definition) is 2. The Hall–Kier alpha value is -2.04. The third-order valence-electron chi connectivity index (χ3n) is 3.36.